The Hall–Kier alpha value is -3.67. The number of aryl methyl sites for hydroxylation is 1. The maximum atomic E-state index is 13.9. The van der Waals surface area contributed by atoms with Gasteiger partial charge in [0.05, 0.1) is 24.8 Å². The van der Waals surface area contributed by atoms with Crippen molar-refractivity contribution in [2.75, 3.05) is 57.2 Å². The van der Waals surface area contributed by atoms with Crippen molar-refractivity contribution < 1.29 is 22.7 Å². The van der Waals surface area contributed by atoms with Crippen LogP contribution in [0.2, 0.25) is 0 Å². The zero-order valence-electron chi connectivity index (χ0n) is 23.7. The second-order valence-corrected chi connectivity index (χ2v) is 12.9. The monoisotopic (exact) mass is 594 g/mol. The summed E-state index contributed by atoms with van der Waals surface area (Å²) in [5, 5.41) is 0.521. The van der Waals surface area contributed by atoms with Crippen molar-refractivity contribution in [3.63, 3.8) is 0 Å². The Morgan fingerprint density at radius 3 is 2.39 bits per heavy atom. The minimum atomic E-state index is -3.78. The van der Waals surface area contributed by atoms with E-state index in [0.717, 1.165) is 36.1 Å². The van der Waals surface area contributed by atoms with Crippen LogP contribution in [0.25, 0.3) is 10.2 Å². The number of amides is 1. The van der Waals surface area contributed by atoms with Gasteiger partial charge in [0.1, 0.15) is 21.7 Å². The number of nitrogens with zero attached hydrogens (tertiary/aromatic N) is 4. The molecule has 0 N–H and O–H groups in total. The van der Waals surface area contributed by atoms with E-state index in [1.165, 1.54) is 27.8 Å². The maximum absolute atomic E-state index is 13.9. The molecule has 1 aromatic heterocycles. The molecule has 0 atom stereocenters. The summed E-state index contributed by atoms with van der Waals surface area (Å²) in [7, 11) is 3.37. The third kappa shape index (κ3) is 5.74. The lowest BCUT2D eigenvalue weighted by Gasteiger charge is -2.30. The Kier molecular flexibility index (Phi) is 8.48. The number of ether oxygens (including phenoxy) is 2. The van der Waals surface area contributed by atoms with Gasteiger partial charge in [0.15, 0.2) is 5.13 Å². The quantitative estimate of drug-likeness (QED) is 0.254. The molecule has 0 spiro atoms. The largest absolute Gasteiger partial charge is 0.495 e. The minimum Gasteiger partial charge on any atom is -0.495 e. The van der Waals surface area contributed by atoms with Gasteiger partial charge in [-0.1, -0.05) is 29.5 Å². The van der Waals surface area contributed by atoms with Crippen LogP contribution in [-0.2, 0) is 16.4 Å². The van der Waals surface area contributed by atoms with Crippen molar-refractivity contribution in [3.8, 4) is 11.5 Å². The highest BCUT2D eigenvalue weighted by Gasteiger charge is 2.30. The van der Waals surface area contributed by atoms with Gasteiger partial charge in [-0.15, -0.1) is 0 Å². The number of thiazole rings is 1. The van der Waals surface area contributed by atoms with Gasteiger partial charge in [-0.25, -0.2) is 13.4 Å². The molecule has 1 aliphatic heterocycles. The highest BCUT2D eigenvalue weighted by Crippen LogP contribution is 2.40. The van der Waals surface area contributed by atoms with E-state index in [1.54, 1.807) is 37.3 Å². The number of para-hydroxylation sites is 1. The topological polar surface area (TPSA) is 92.3 Å². The predicted octanol–water partition coefficient (Wildman–Crippen LogP) is 5.05. The fourth-order valence-electron chi connectivity index (χ4n) is 5.02. The Morgan fingerprint density at radius 2 is 1.68 bits per heavy atom. The number of aromatic nitrogens is 1. The van der Waals surface area contributed by atoms with E-state index >= 15 is 0 Å². The van der Waals surface area contributed by atoms with Crippen LogP contribution >= 0.6 is 11.3 Å². The van der Waals surface area contributed by atoms with Crippen LogP contribution in [0.5, 0.6) is 11.5 Å². The smallest absolute Gasteiger partial charge is 0.264 e. The first kappa shape index (κ1) is 28.8. The molecule has 0 aliphatic carbocycles. The standard InChI is InChI=1S/C30H34N4O5S2/c1-32(2)18-8-19-33(30-31-27-25(38-3)16-17-26(39-4)28(27)40-30)29(35)22-12-14-23(15-13-22)41(36,37)34-20-7-10-21-9-5-6-11-24(21)34/h5-6,9,11-17H,7-8,10,18-20H2,1-4H3. The highest BCUT2D eigenvalue weighted by atomic mass is 32.2. The van der Waals surface area contributed by atoms with Gasteiger partial charge in [0, 0.05) is 18.7 Å². The van der Waals surface area contributed by atoms with Crippen molar-refractivity contribution >= 4 is 48.3 Å². The molecule has 216 valence electrons. The van der Waals surface area contributed by atoms with E-state index in [4.69, 9.17) is 14.5 Å². The van der Waals surface area contributed by atoms with Gasteiger partial charge in [-0.05, 0) is 87.9 Å². The van der Waals surface area contributed by atoms with Crippen LogP contribution in [-0.4, -0.2) is 72.2 Å². The first-order valence-electron chi connectivity index (χ1n) is 13.4. The molecule has 0 bridgehead atoms. The van der Waals surface area contributed by atoms with Crippen LogP contribution < -0.4 is 18.7 Å². The summed E-state index contributed by atoms with van der Waals surface area (Å²) in [5.41, 5.74) is 2.74. The van der Waals surface area contributed by atoms with Crippen LogP contribution in [0, 0.1) is 0 Å². The van der Waals surface area contributed by atoms with Crippen molar-refractivity contribution in [2.45, 2.75) is 24.2 Å². The number of hydrogen-bond donors (Lipinski definition) is 0. The van der Waals surface area contributed by atoms with E-state index in [9.17, 15) is 13.2 Å². The molecule has 2 heterocycles. The second-order valence-electron chi connectivity index (χ2n) is 10.1. The number of rotatable bonds is 10. The van der Waals surface area contributed by atoms with Crippen molar-refractivity contribution in [2.24, 2.45) is 0 Å². The Bertz CT molecular complexity index is 1610. The predicted molar refractivity (Wildman–Crippen MR) is 163 cm³/mol. The van der Waals surface area contributed by atoms with Gasteiger partial charge in [0.25, 0.3) is 15.9 Å². The minimum absolute atomic E-state index is 0.152. The van der Waals surface area contributed by atoms with E-state index in [0.29, 0.717) is 46.5 Å². The molecule has 11 heteroatoms. The van der Waals surface area contributed by atoms with Crippen LogP contribution in [0.4, 0.5) is 10.8 Å². The summed E-state index contributed by atoms with van der Waals surface area (Å²) >= 11 is 1.36. The first-order chi connectivity index (χ1) is 19.7. The maximum Gasteiger partial charge on any atom is 0.264 e. The van der Waals surface area contributed by atoms with Crippen LogP contribution in [0.15, 0.2) is 65.6 Å². The third-order valence-corrected chi connectivity index (χ3v) is 10.0. The number of carbonyl (C=O) groups excluding carboxylic acids is 1. The van der Waals surface area contributed by atoms with Gasteiger partial charge in [0.2, 0.25) is 0 Å². The van der Waals surface area contributed by atoms with Gasteiger partial charge < -0.3 is 14.4 Å². The molecule has 4 aromatic rings. The molecule has 0 saturated carbocycles. The number of fused-ring (bicyclic) bond motifs is 2. The fraction of sp³-hybridized carbons (Fsp3) is 0.333. The van der Waals surface area contributed by atoms with Crippen molar-refractivity contribution in [3.05, 3.63) is 71.8 Å². The molecular formula is C30H34N4O5S2. The Labute approximate surface area is 245 Å². The summed E-state index contributed by atoms with van der Waals surface area (Å²) in [6, 6.07) is 17.4. The summed E-state index contributed by atoms with van der Waals surface area (Å²) < 4.78 is 40.5. The van der Waals surface area contributed by atoms with E-state index in [-0.39, 0.29) is 10.8 Å². The van der Waals surface area contributed by atoms with Crippen molar-refractivity contribution in [1.82, 2.24) is 9.88 Å². The Morgan fingerprint density at radius 1 is 0.976 bits per heavy atom. The molecule has 3 aromatic carbocycles. The molecule has 1 aliphatic rings. The zero-order chi connectivity index (χ0) is 29.1. The van der Waals surface area contributed by atoms with Gasteiger partial charge in [-0.2, -0.15) is 0 Å². The number of hydrogen-bond acceptors (Lipinski definition) is 8. The zero-order valence-corrected chi connectivity index (χ0v) is 25.3. The normalized spacial score (nSPS) is 13.3. The molecule has 0 saturated heterocycles. The lowest BCUT2D eigenvalue weighted by Crippen LogP contribution is -2.35. The van der Waals surface area contributed by atoms with Gasteiger partial charge >= 0.3 is 0 Å². The Balaban J connectivity index is 1.47. The summed E-state index contributed by atoms with van der Waals surface area (Å²) in [5.74, 6) is 0.991. The molecule has 0 unspecified atom stereocenters. The second kappa shape index (κ2) is 12.1. The average Bonchev–Trinajstić information content (AvgIpc) is 3.43. The molecule has 0 fully saturated rings. The number of anilines is 2. The van der Waals surface area contributed by atoms with Crippen LogP contribution in [0.1, 0.15) is 28.8 Å². The van der Waals surface area contributed by atoms with Crippen LogP contribution in [0.3, 0.4) is 0 Å². The number of benzene rings is 3. The molecule has 1 amide bonds. The lowest BCUT2D eigenvalue weighted by molar-refractivity contribution is 0.0986. The molecule has 41 heavy (non-hydrogen) atoms. The molecule has 0 radical (unpaired) electrons. The number of methoxy groups -OCH3 is 2. The fourth-order valence-corrected chi connectivity index (χ4v) is 7.66. The summed E-state index contributed by atoms with van der Waals surface area (Å²) in [6.45, 7) is 1.64. The SMILES string of the molecule is COc1ccc(OC)c2sc(N(CCCN(C)C)C(=O)c3ccc(S(=O)(=O)N4CCCc5ccccc54)cc3)nc12. The van der Waals surface area contributed by atoms with E-state index < -0.39 is 10.0 Å². The third-order valence-electron chi connectivity index (χ3n) is 7.12. The molecule has 9 nitrogen and oxygen atoms in total. The number of carbonyl (C=O) groups is 1. The molecular weight excluding hydrogens is 560 g/mol. The first-order valence-corrected chi connectivity index (χ1v) is 15.7. The van der Waals surface area contributed by atoms with Crippen molar-refractivity contribution in [1.29, 1.82) is 0 Å². The van der Waals surface area contributed by atoms with Gasteiger partial charge in [-0.3, -0.25) is 14.0 Å². The van der Waals surface area contributed by atoms with E-state index in [1.807, 2.05) is 44.4 Å². The summed E-state index contributed by atoms with van der Waals surface area (Å²) in [4.78, 5) is 22.5. The molecule has 5 rings (SSSR count). The lowest BCUT2D eigenvalue weighted by atomic mass is 10.0. The summed E-state index contributed by atoms with van der Waals surface area (Å²) in [6.07, 6.45) is 2.33. The van der Waals surface area contributed by atoms with E-state index in [2.05, 4.69) is 4.90 Å². The average molecular weight is 595 g/mol. The highest BCUT2D eigenvalue weighted by molar-refractivity contribution is 7.92. The number of sulfonamides is 1.